The summed E-state index contributed by atoms with van der Waals surface area (Å²) in [5.74, 6) is 0.484. The lowest BCUT2D eigenvalue weighted by atomic mass is 10.1. The standard InChI is InChI=1S/C30H31N7O3/c1-21-15-33-28(17-32-21)36-30(39)35-26-10-9-24(14-27(26)40-20-23-8-5-12-31-16-23)29(38)34-25-11-13-37(19-25)18-22-6-3-2-4-7-22/h2-10,12,14-17,25H,11,13,18-20H2,1H3,(H,34,38)(H2,33,35,36,39). The molecule has 1 aliphatic heterocycles. The van der Waals surface area contributed by atoms with E-state index in [1.54, 1.807) is 36.8 Å². The SMILES string of the molecule is Cc1cnc(NC(=O)Nc2ccc(C(=O)NC3CCN(Cc4ccccc4)C3)cc2OCc2cccnc2)cn1. The quantitative estimate of drug-likeness (QED) is 0.289. The van der Waals surface area contributed by atoms with Crippen LogP contribution >= 0.6 is 0 Å². The van der Waals surface area contributed by atoms with Crippen molar-refractivity contribution in [2.45, 2.75) is 32.5 Å². The lowest BCUT2D eigenvalue weighted by Crippen LogP contribution is -2.37. The zero-order valence-corrected chi connectivity index (χ0v) is 22.2. The topological polar surface area (TPSA) is 121 Å². The maximum atomic E-state index is 13.2. The minimum Gasteiger partial charge on any atom is -0.487 e. The lowest BCUT2D eigenvalue weighted by molar-refractivity contribution is 0.0937. The highest BCUT2D eigenvalue weighted by molar-refractivity contribution is 6.01. The number of pyridine rings is 1. The van der Waals surface area contributed by atoms with Gasteiger partial charge in [0.15, 0.2) is 5.82 Å². The molecule has 0 saturated carbocycles. The number of benzene rings is 2. The third-order valence-corrected chi connectivity index (χ3v) is 6.49. The van der Waals surface area contributed by atoms with E-state index in [1.165, 1.54) is 11.8 Å². The number of urea groups is 1. The number of anilines is 2. The Kier molecular flexibility index (Phi) is 8.57. The molecule has 0 spiro atoms. The molecule has 40 heavy (non-hydrogen) atoms. The van der Waals surface area contributed by atoms with Crippen LogP contribution in [0.15, 0.2) is 85.5 Å². The Hall–Kier alpha value is -4.83. The van der Waals surface area contributed by atoms with Gasteiger partial charge in [-0.15, -0.1) is 0 Å². The molecule has 1 fully saturated rings. The van der Waals surface area contributed by atoms with Crippen molar-refractivity contribution >= 4 is 23.4 Å². The molecule has 2 aromatic carbocycles. The molecule has 10 nitrogen and oxygen atoms in total. The van der Waals surface area contributed by atoms with Gasteiger partial charge >= 0.3 is 6.03 Å². The molecular weight excluding hydrogens is 506 g/mol. The van der Waals surface area contributed by atoms with E-state index in [1.807, 2.05) is 37.3 Å². The Bertz CT molecular complexity index is 1430. The normalized spacial score (nSPS) is 14.9. The summed E-state index contributed by atoms with van der Waals surface area (Å²) in [6.45, 7) is 4.59. The van der Waals surface area contributed by atoms with Crippen molar-refractivity contribution in [2.24, 2.45) is 0 Å². The Morgan fingerprint density at radius 3 is 2.60 bits per heavy atom. The average Bonchev–Trinajstić information content (AvgIpc) is 3.41. The van der Waals surface area contributed by atoms with Crippen LogP contribution in [0.3, 0.4) is 0 Å². The van der Waals surface area contributed by atoms with Crippen LogP contribution in [0.25, 0.3) is 0 Å². The molecule has 1 unspecified atom stereocenters. The summed E-state index contributed by atoms with van der Waals surface area (Å²) in [5.41, 5.74) is 3.71. The minimum atomic E-state index is -0.508. The molecule has 3 heterocycles. The van der Waals surface area contributed by atoms with E-state index in [0.29, 0.717) is 22.8 Å². The Morgan fingerprint density at radius 1 is 0.975 bits per heavy atom. The molecule has 3 N–H and O–H groups in total. The van der Waals surface area contributed by atoms with Gasteiger partial charge in [-0.25, -0.2) is 9.78 Å². The van der Waals surface area contributed by atoms with Crippen LogP contribution in [0.5, 0.6) is 5.75 Å². The van der Waals surface area contributed by atoms with Gasteiger partial charge in [0.2, 0.25) is 0 Å². The van der Waals surface area contributed by atoms with E-state index < -0.39 is 6.03 Å². The molecule has 0 aliphatic carbocycles. The highest BCUT2D eigenvalue weighted by atomic mass is 16.5. The number of nitrogens with one attached hydrogen (secondary N) is 3. The molecule has 1 aliphatic rings. The number of hydrogen-bond donors (Lipinski definition) is 3. The fourth-order valence-electron chi connectivity index (χ4n) is 4.46. The molecule has 0 bridgehead atoms. The van der Waals surface area contributed by atoms with Crippen LogP contribution in [0.4, 0.5) is 16.3 Å². The summed E-state index contributed by atoms with van der Waals surface area (Å²) in [6, 6.07) is 18.5. The van der Waals surface area contributed by atoms with E-state index in [4.69, 9.17) is 4.74 Å². The second-order valence-electron chi connectivity index (χ2n) is 9.66. The summed E-state index contributed by atoms with van der Waals surface area (Å²) in [6.07, 6.45) is 7.31. The average molecular weight is 538 g/mol. The summed E-state index contributed by atoms with van der Waals surface area (Å²) in [5, 5.41) is 8.58. The monoisotopic (exact) mass is 537 g/mol. The molecule has 204 valence electrons. The highest BCUT2D eigenvalue weighted by Crippen LogP contribution is 2.27. The Balaban J connectivity index is 1.25. The lowest BCUT2D eigenvalue weighted by Gasteiger charge is -2.18. The van der Waals surface area contributed by atoms with Gasteiger partial charge in [-0.3, -0.25) is 25.0 Å². The maximum absolute atomic E-state index is 13.2. The molecular formula is C30H31N7O3. The van der Waals surface area contributed by atoms with Crippen molar-refractivity contribution in [1.82, 2.24) is 25.2 Å². The smallest absolute Gasteiger partial charge is 0.324 e. The van der Waals surface area contributed by atoms with Gasteiger partial charge in [-0.2, -0.15) is 0 Å². The first-order valence-corrected chi connectivity index (χ1v) is 13.1. The van der Waals surface area contributed by atoms with E-state index in [9.17, 15) is 9.59 Å². The molecule has 10 heteroatoms. The number of aromatic nitrogens is 3. The van der Waals surface area contributed by atoms with Crippen LogP contribution in [0.1, 0.15) is 33.6 Å². The first kappa shape index (κ1) is 26.8. The summed E-state index contributed by atoms with van der Waals surface area (Å²) in [7, 11) is 0. The van der Waals surface area contributed by atoms with Crippen LogP contribution in [-0.4, -0.2) is 50.9 Å². The first-order valence-electron chi connectivity index (χ1n) is 13.1. The van der Waals surface area contributed by atoms with Gasteiger partial charge in [-0.05, 0) is 43.2 Å². The van der Waals surface area contributed by atoms with E-state index in [0.717, 1.165) is 37.3 Å². The first-order chi connectivity index (χ1) is 19.5. The second-order valence-corrected chi connectivity index (χ2v) is 9.66. The molecule has 5 rings (SSSR count). The van der Waals surface area contributed by atoms with Crippen molar-refractivity contribution < 1.29 is 14.3 Å². The van der Waals surface area contributed by atoms with Gasteiger partial charge in [0.1, 0.15) is 12.4 Å². The summed E-state index contributed by atoms with van der Waals surface area (Å²) >= 11 is 0. The number of likely N-dealkylation sites (tertiary alicyclic amines) is 1. The van der Waals surface area contributed by atoms with Crippen LogP contribution in [-0.2, 0) is 13.2 Å². The fourth-order valence-corrected chi connectivity index (χ4v) is 4.46. The van der Waals surface area contributed by atoms with Crippen LogP contribution in [0, 0.1) is 6.92 Å². The predicted molar refractivity (Wildman–Crippen MR) is 152 cm³/mol. The number of carbonyl (C=O) groups excluding carboxylic acids is 2. The van der Waals surface area contributed by atoms with Gasteiger partial charge < -0.3 is 15.4 Å². The summed E-state index contributed by atoms with van der Waals surface area (Å²) < 4.78 is 6.04. The molecule has 0 radical (unpaired) electrons. The number of nitrogens with zero attached hydrogens (tertiary/aromatic N) is 4. The van der Waals surface area contributed by atoms with Crippen molar-refractivity contribution in [2.75, 3.05) is 23.7 Å². The number of aryl methyl sites for hydroxylation is 1. The van der Waals surface area contributed by atoms with Crippen molar-refractivity contribution in [3.63, 3.8) is 0 Å². The zero-order chi connectivity index (χ0) is 27.7. The molecule has 2 aromatic heterocycles. The van der Waals surface area contributed by atoms with Gasteiger partial charge in [0.05, 0.1) is 23.8 Å². The van der Waals surface area contributed by atoms with Crippen molar-refractivity contribution in [3.05, 3.63) is 108 Å². The van der Waals surface area contributed by atoms with Crippen molar-refractivity contribution in [3.8, 4) is 5.75 Å². The van der Waals surface area contributed by atoms with E-state index in [2.05, 4.69) is 47.9 Å². The number of rotatable bonds is 9. The third kappa shape index (κ3) is 7.39. The van der Waals surface area contributed by atoms with Gasteiger partial charge in [0, 0.05) is 49.2 Å². The third-order valence-electron chi connectivity index (χ3n) is 6.49. The number of carbonyl (C=O) groups is 2. The molecule has 1 saturated heterocycles. The number of ether oxygens (including phenoxy) is 1. The maximum Gasteiger partial charge on any atom is 0.324 e. The zero-order valence-electron chi connectivity index (χ0n) is 22.2. The number of hydrogen-bond acceptors (Lipinski definition) is 7. The Morgan fingerprint density at radius 2 is 1.82 bits per heavy atom. The summed E-state index contributed by atoms with van der Waals surface area (Å²) in [4.78, 5) is 40.6. The van der Waals surface area contributed by atoms with Crippen LogP contribution in [0.2, 0.25) is 0 Å². The Labute approximate surface area is 232 Å². The molecule has 1 atom stereocenters. The van der Waals surface area contributed by atoms with Crippen molar-refractivity contribution in [1.29, 1.82) is 0 Å². The van der Waals surface area contributed by atoms with Gasteiger partial charge in [-0.1, -0.05) is 36.4 Å². The predicted octanol–water partition coefficient (Wildman–Crippen LogP) is 4.41. The van der Waals surface area contributed by atoms with Gasteiger partial charge in [0.25, 0.3) is 5.91 Å². The van der Waals surface area contributed by atoms with E-state index in [-0.39, 0.29) is 18.6 Å². The largest absolute Gasteiger partial charge is 0.487 e. The fraction of sp³-hybridized carbons (Fsp3) is 0.233. The highest BCUT2D eigenvalue weighted by Gasteiger charge is 2.24. The second kappa shape index (κ2) is 12.8. The molecule has 4 aromatic rings. The van der Waals surface area contributed by atoms with E-state index >= 15 is 0 Å². The number of amides is 3. The minimum absolute atomic E-state index is 0.0511. The van der Waals surface area contributed by atoms with Crippen LogP contribution < -0.4 is 20.7 Å². The molecule has 3 amide bonds.